The molecule has 18 heavy (non-hydrogen) atoms. The van der Waals surface area contributed by atoms with Crippen LogP contribution in [-0.4, -0.2) is 55.2 Å². The average molecular weight is 254 g/mol. The average Bonchev–Trinajstić information content (AvgIpc) is 2.47. The maximum absolute atomic E-state index is 12.3. The van der Waals surface area contributed by atoms with Crippen LogP contribution in [0.2, 0.25) is 0 Å². The molecule has 0 radical (unpaired) electrons. The van der Waals surface area contributed by atoms with Crippen molar-refractivity contribution >= 4 is 6.03 Å². The molecule has 2 heterocycles. The first-order valence-corrected chi connectivity index (χ1v) is 7.32. The zero-order valence-corrected chi connectivity index (χ0v) is 11.8. The lowest BCUT2D eigenvalue weighted by atomic mass is 9.74. The van der Waals surface area contributed by atoms with Gasteiger partial charge in [0.2, 0.25) is 0 Å². The summed E-state index contributed by atoms with van der Waals surface area (Å²) in [6.07, 6.45) is 4.80. The molecule has 0 N–H and O–H groups in total. The molecule has 0 unspecified atom stereocenters. The maximum Gasteiger partial charge on any atom is 0.320 e. The SMILES string of the molecule is CCC1(CC)CCN(C(=O)N2CCOCC2)CC1. The minimum atomic E-state index is 0.221. The molecule has 0 aromatic carbocycles. The van der Waals surface area contributed by atoms with Crippen LogP contribution in [-0.2, 0) is 4.74 Å². The smallest absolute Gasteiger partial charge is 0.320 e. The predicted octanol–water partition coefficient (Wildman–Crippen LogP) is 2.34. The molecule has 0 atom stereocenters. The topological polar surface area (TPSA) is 32.8 Å². The number of carbonyl (C=O) groups excluding carboxylic acids is 1. The van der Waals surface area contributed by atoms with Gasteiger partial charge in [0, 0.05) is 26.2 Å². The van der Waals surface area contributed by atoms with E-state index in [2.05, 4.69) is 13.8 Å². The molecule has 4 nitrogen and oxygen atoms in total. The number of nitrogens with zero attached hydrogens (tertiary/aromatic N) is 2. The van der Waals surface area contributed by atoms with Crippen LogP contribution in [0.4, 0.5) is 4.79 Å². The lowest BCUT2D eigenvalue weighted by Crippen LogP contribution is -2.51. The molecule has 0 spiro atoms. The summed E-state index contributed by atoms with van der Waals surface area (Å²) in [4.78, 5) is 16.3. The van der Waals surface area contributed by atoms with Crippen molar-refractivity contribution in [3.8, 4) is 0 Å². The molecule has 0 saturated carbocycles. The zero-order chi connectivity index (χ0) is 13.0. The summed E-state index contributed by atoms with van der Waals surface area (Å²) in [6.45, 7) is 9.30. The summed E-state index contributed by atoms with van der Waals surface area (Å²) < 4.78 is 5.29. The van der Waals surface area contributed by atoms with E-state index < -0.39 is 0 Å². The lowest BCUT2D eigenvalue weighted by molar-refractivity contribution is 0.0338. The first-order valence-electron chi connectivity index (χ1n) is 7.32. The number of likely N-dealkylation sites (tertiary alicyclic amines) is 1. The van der Waals surface area contributed by atoms with Gasteiger partial charge in [-0.2, -0.15) is 0 Å². The molecular formula is C14H26N2O2. The van der Waals surface area contributed by atoms with E-state index >= 15 is 0 Å². The van der Waals surface area contributed by atoms with Gasteiger partial charge in [0.1, 0.15) is 0 Å². The van der Waals surface area contributed by atoms with E-state index in [-0.39, 0.29) is 6.03 Å². The van der Waals surface area contributed by atoms with E-state index in [1.807, 2.05) is 9.80 Å². The monoisotopic (exact) mass is 254 g/mol. The molecule has 2 fully saturated rings. The number of rotatable bonds is 2. The number of hydrogen-bond acceptors (Lipinski definition) is 2. The largest absolute Gasteiger partial charge is 0.378 e. The van der Waals surface area contributed by atoms with E-state index in [0.29, 0.717) is 18.6 Å². The molecule has 2 rings (SSSR count). The summed E-state index contributed by atoms with van der Waals surface area (Å²) in [6, 6.07) is 0.221. The third kappa shape index (κ3) is 2.79. The first kappa shape index (κ1) is 13.7. The Balaban J connectivity index is 1.87. The summed E-state index contributed by atoms with van der Waals surface area (Å²) >= 11 is 0. The normalized spacial score (nSPS) is 24.1. The Morgan fingerprint density at radius 2 is 1.50 bits per heavy atom. The van der Waals surface area contributed by atoms with Crippen molar-refractivity contribution in [2.45, 2.75) is 39.5 Å². The van der Waals surface area contributed by atoms with E-state index in [1.54, 1.807) is 0 Å². The molecule has 0 aliphatic carbocycles. The molecule has 2 saturated heterocycles. The molecule has 2 aliphatic rings. The van der Waals surface area contributed by atoms with Gasteiger partial charge in [-0.15, -0.1) is 0 Å². The van der Waals surface area contributed by atoms with E-state index in [0.717, 1.165) is 39.0 Å². The van der Waals surface area contributed by atoms with Crippen LogP contribution in [0, 0.1) is 5.41 Å². The molecular weight excluding hydrogens is 228 g/mol. The molecule has 2 aliphatic heterocycles. The highest BCUT2D eigenvalue weighted by Crippen LogP contribution is 2.38. The van der Waals surface area contributed by atoms with Gasteiger partial charge in [0.05, 0.1) is 13.2 Å². The van der Waals surface area contributed by atoms with Crippen molar-refractivity contribution in [1.29, 1.82) is 0 Å². The van der Waals surface area contributed by atoms with Gasteiger partial charge in [0.25, 0.3) is 0 Å². The Morgan fingerprint density at radius 1 is 1.00 bits per heavy atom. The Kier molecular flexibility index (Phi) is 4.49. The van der Waals surface area contributed by atoms with Crippen molar-refractivity contribution in [3.05, 3.63) is 0 Å². The third-order valence-corrected chi connectivity index (χ3v) is 4.88. The van der Waals surface area contributed by atoms with Crippen LogP contribution >= 0.6 is 0 Å². The number of piperidine rings is 1. The summed E-state index contributed by atoms with van der Waals surface area (Å²) in [5.74, 6) is 0. The molecule has 4 heteroatoms. The minimum absolute atomic E-state index is 0.221. The maximum atomic E-state index is 12.3. The lowest BCUT2D eigenvalue weighted by Gasteiger charge is -2.42. The summed E-state index contributed by atoms with van der Waals surface area (Å²) in [5, 5.41) is 0. The van der Waals surface area contributed by atoms with Gasteiger partial charge in [0.15, 0.2) is 0 Å². The Labute approximate surface area is 110 Å². The number of ether oxygens (including phenoxy) is 1. The predicted molar refractivity (Wildman–Crippen MR) is 71.6 cm³/mol. The first-order chi connectivity index (χ1) is 8.71. The summed E-state index contributed by atoms with van der Waals surface area (Å²) in [7, 11) is 0. The fourth-order valence-corrected chi connectivity index (χ4v) is 3.08. The second-order valence-electron chi connectivity index (χ2n) is 5.58. The number of hydrogen-bond donors (Lipinski definition) is 0. The van der Waals surface area contributed by atoms with E-state index in [9.17, 15) is 4.79 Å². The van der Waals surface area contributed by atoms with Crippen molar-refractivity contribution in [1.82, 2.24) is 9.80 Å². The highest BCUT2D eigenvalue weighted by molar-refractivity contribution is 5.74. The number of carbonyl (C=O) groups is 1. The zero-order valence-electron chi connectivity index (χ0n) is 11.8. The van der Waals surface area contributed by atoms with Gasteiger partial charge < -0.3 is 14.5 Å². The highest BCUT2D eigenvalue weighted by atomic mass is 16.5. The molecule has 104 valence electrons. The Morgan fingerprint density at radius 3 is 2.00 bits per heavy atom. The van der Waals surface area contributed by atoms with Gasteiger partial charge in [-0.3, -0.25) is 0 Å². The third-order valence-electron chi connectivity index (χ3n) is 4.88. The van der Waals surface area contributed by atoms with Gasteiger partial charge in [-0.25, -0.2) is 4.79 Å². The van der Waals surface area contributed by atoms with Crippen molar-refractivity contribution in [2.24, 2.45) is 5.41 Å². The quantitative estimate of drug-likeness (QED) is 0.757. The molecule has 0 aromatic heterocycles. The van der Waals surface area contributed by atoms with Crippen molar-refractivity contribution in [3.63, 3.8) is 0 Å². The highest BCUT2D eigenvalue weighted by Gasteiger charge is 2.34. The molecule has 2 amide bonds. The van der Waals surface area contributed by atoms with Crippen LogP contribution in [0.25, 0.3) is 0 Å². The van der Waals surface area contributed by atoms with Crippen LogP contribution in [0.3, 0.4) is 0 Å². The fourth-order valence-electron chi connectivity index (χ4n) is 3.08. The van der Waals surface area contributed by atoms with Gasteiger partial charge >= 0.3 is 6.03 Å². The van der Waals surface area contributed by atoms with Crippen LogP contribution in [0.1, 0.15) is 39.5 Å². The standard InChI is InChI=1S/C14H26N2O2/c1-3-14(4-2)5-7-15(8-6-14)13(17)16-9-11-18-12-10-16/h3-12H2,1-2H3. The minimum Gasteiger partial charge on any atom is -0.378 e. The van der Waals surface area contributed by atoms with E-state index in [1.165, 1.54) is 12.8 Å². The van der Waals surface area contributed by atoms with Gasteiger partial charge in [-0.05, 0) is 18.3 Å². The van der Waals surface area contributed by atoms with Gasteiger partial charge in [-0.1, -0.05) is 26.7 Å². The van der Waals surface area contributed by atoms with Crippen molar-refractivity contribution in [2.75, 3.05) is 39.4 Å². The second-order valence-corrected chi connectivity index (χ2v) is 5.58. The van der Waals surface area contributed by atoms with Crippen LogP contribution in [0.5, 0.6) is 0 Å². The second kappa shape index (κ2) is 5.91. The number of morpholine rings is 1. The Hall–Kier alpha value is -0.770. The van der Waals surface area contributed by atoms with Crippen molar-refractivity contribution < 1.29 is 9.53 Å². The summed E-state index contributed by atoms with van der Waals surface area (Å²) in [5.41, 5.74) is 0.488. The van der Waals surface area contributed by atoms with Crippen LogP contribution < -0.4 is 0 Å². The van der Waals surface area contributed by atoms with E-state index in [4.69, 9.17) is 4.74 Å². The number of urea groups is 1. The number of amides is 2. The van der Waals surface area contributed by atoms with Crippen LogP contribution in [0.15, 0.2) is 0 Å². The molecule has 0 aromatic rings. The Bertz CT molecular complexity index is 274. The molecule has 0 bridgehead atoms. The fraction of sp³-hybridized carbons (Fsp3) is 0.929.